The highest BCUT2D eigenvalue weighted by Crippen LogP contribution is 2.30. The molecule has 2 rings (SSSR count). The number of rotatable bonds is 6. The molecule has 1 atom stereocenters. The number of esters is 1. The maximum atomic E-state index is 13.8. The van der Waals surface area contributed by atoms with E-state index in [1.807, 2.05) is 0 Å². The number of anilines is 1. The summed E-state index contributed by atoms with van der Waals surface area (Å²) in [5, 5.41) is 1.68. The van der Waals surface area contributed by atoms with Gasteiger partial charge in [-0.2, -0.15) is 18.6 Å². The maximum Gasteiger partial charge on any atom is 0.438 e. The van der Waals surface area contributed by atoms with Crippen LogP contribution in [0.25, 0.3) is 0 Å². The van der Waals surface area contributed by atoms with Gasteiger partial charge in [0, 0.05) is 5.02 Å². The molecule has 2 aromatic carbocycles. The second-order valence-electron chi connectivity index (χ2n) is 5.43. The second-order valence-corrected chi connectivity index (χ2v) is 5.87. The Kier molecular flexibility index (Phi) is 6.47. The smallest absolute Gasteiger partial charge is 0.438 e. The van der Waals surface area contributed by atoms with E-state index in [4.69, 9.17) is 11.6 Å². The van der Waals surface area contributed by atoms with Crippen molar-refractivity contribution >= 4 is 29.2 Å². The molecule has 0 spiro atoms. The predicted molar refractivity (Wildman–Crippen MR) is 92.9 cm³/mol. The first-order valence-electron chi connectivity index (χ1n) is 7.61. The Morgan fingerprint density at radius 1 is 1.07 bits per heavy atom. The van der Waals surface area contributed by atoms with E-state index in [0.29, 0.717) is 7.11 Å². The quantitative estimate of drug-likeness (QED) is 0.290. The van der Waals surface area contributed by atoms with Crippen molar-refractivity contribution in [1.29, 1.82) is 0 Å². The minimum Gasteiger partial charge on any atom is -0.466 e. The molecule has 28 heavy (non-hydrogen) atoms. The molecule has 6 nitrogen and oxygen atoms in total. The van der Waals surface area contributed by atoms with Crippen molar-refractivity contribution in [2.45, 2.75) is 11.8 Å². The zero-order chi connectivity index (χ0) is 20.9. The predicted octanol–water partition coefficient (Wildman–Crippen LogP) is 3.26. The van der Waals surface area contributed by atoms with Gasteiger partial charge in [-0.1, -0.05) is 29.8 Å². The zero-order valence-corrected chi connectivity index (χ0v) is 15.0. The third-order valence-electron chi connectivity index (χ3n) is 3.56. The van der Waals surface area contributed by atoms with E-state index in [0.717, 1.165) is 12.1 Å². The third kappa shape index (κ3) is 4.52. The second kappa shape index (κ2) is 8.44. The average molecular weight is 420 g/mol. The molecule has 0 radical (unpaired) electrons. The number of hydrazine groups is 1. The van der Waals surface area contributed by atoms with Gasteiger partial charge in [-0.3, -0.25) is 4.79 Å². The molecular formula is C17H14ClF4N3O3. The highest BCUT2D eigenvalue weighted by molar-refractivity contribution is 6.30. The first kappa shape index (κ1) is 21.5. The van der Waals surface area contributed by atoms with Crippen molar-refractivity contribution < 1.29 is 31.9 Å². The Hall–Kier alpha value is -2.85. The van der Waals surface area contributed by atoms with Crippen LogP contribution in [-0.2, 0) is 9.53 Å². The van der Waals surface area contributed by atoms with Gasteiger partial charge in [0.1, 0.15) is 5.82 Å². The number of methoxy groups -OCH3 is 1. The molecule has 1 amide bonds. The Bertz CT molecular complexity index is 879. The Labute approximate surface area is 161 Å². The molecule has 0 saturated carbocycles. The zero-order valence-electron chi connectivity index (χ0n) is 14.2. The summed E-state index contributed by atoms with van der Waals surface area (Å²) in [5.74, 6) is -4.43. The van der Waals surface area contributed by atoms with E-state index >= 15 is 0 Å². The van der Waals surface area contributed by atoms with Crippen molar-refractivity contribution in [2.24, 2.45) is 0 Å². The lowest BCUT2D eigenvalue weighted by molar-refractivity contribution is -0.215. The summed E-state index contributed by atoms with van der Waals surface area (Å²) < 4.78 is 59.5. The number of nitrogens with one attached hydrogen (secondary N) is 3. The van der Waals surface area contributed by atoms with Gasteiger partial charge in [-0.05, 0) is 30.3 Å². The summed E-state index contributed by atoms with van der Waals surface area (Å²) in [4.78, 5) is 24.3. The first-order valence-corrected chi connectivity index (χ1v) is 7.99. The number of hydrogen-bond donors (Lipinski definition) is 3. The number of halogens is 5. The Morgan fingerprint density at radius 2 is 1.75 bits per heavy atom. The number of hydrogen-bond acceptors (Lipinski definition) is 5. The van der Waals surface area contributed by atoms with Gasteiger partial charge in [0.25, 0.3) is 5.91 Å². The molecule has 2 aromatic rings. The van der Waals surface area contributed by atoms with Crippen LogP contribution in [0.1, 0.15) is 10.4 Å². The highest BCUT2D eigenvalue weighted by Gasteiger charge is 2.63. The normalized spacial score (nSPS) is 13.4. The van der Waals surface area contributed by atoms with E-state index < -0.39 is 35.1 Å². The van der Waals surface area contributed by atoms with E-state index in [2.05, 4.69) is 10.2 Å². The molecule has 11 heteroatoms. The summed E-state index contributed by atoms with van der Waals surface area (Å²) in [6.07, 6.45) is -5.37. The van der Waals surface area contributed by atoms with Crippen molar-refractivity contribution in [2.75, 3.05) is 12.5 Å². The fraction of sp³-hybridized carbons (Fsp3) is 0.176. The molecular weight excluding hydrogens is 406 g/mol. The largest absolute Gasteiger partial charge is 0.466 e. The standard InChI is InChI=1S/C17H14ClF4N3O3/c1-28-15(27)16(17(20,21)22,25-24-11-6-4-5-10(18)9-11)23-14(26)12-7-2-3-8-13(12)19/h2-9,24-25H,1H3,(H,23,26)/t16-/m0/s1. The van der Waals surface area contributed by atoms with Crippen molar-refractivity contribution in [3.63, 3.8) is 0 Å². The van der Waals surface area contributed by atoms with Crippen LogP contribution in [-0.4, -0.2) is 30.8 Å². The maximum absolute atomic E-state index is 13.8. The van der Waals surface area contributed by atoms with Crippen LogP contribution < -0.4 is 16.2 Å². The van der Waals surface area contributed by atoms with E-state index in [9.17, 15) is 27.2 Å². The van der Waals surface area contributed by atoms with Gasteiger partial charge in [0.2, 0.25) is 0 Å². The summed E-state index contributed by atoms with van der Waals surface area (Å²) in [7, 11) is 0.707. The van der Waals surface area contributed by atoms with E-state index in [1.165, 1.54) is 41.7 Å². The van der Waals surface area contributed by atoms with Gasteiger partial charge < -0.3 is 15.5 Å². The van der Waals surface area contributed by atoms with Crippen LogP contribution in [0.15, 0.2) is 48.5 Å². The summed E-state index contributed by atoms with van der Waals surface area (Å²) in [5.41, 5.74) is -0.468. The fourth-order valence-corrected chi connectivity index (χ4v) is 2.35. The number of carbonyl (C=O) groups is 2. The molecule has 0 aromatic heterocycles. The Balaban J connectivity index is 2.41. The lowest BCUT2D eigenvalue weighted by Gasteiger charge is -2.34. The molecule has 0 aliphatic heterocycles. The van der Waals surface area contributed by atoms with E-state index in [-0.39, 0.29) is 10.7 Å². The molecule has 0 heterocycles. The summed E-state index contributed by atoms with van der Waals surface area (Å²) >= 11 is 5.76. The molecule has 0 unspecified atom stereocenters. The number of amides is 1. The van der Waals surface area contributed by atoms with Gasteiger partial charge in [-0.25, -0.2) is 9.18 Å². The topological polar surface area (TPSA) is 79.5 Å². The van der Waals surface area contributed by atoms with Gasteiger partial charge in [-0.15, -0.1) is 0 Å². The summed E-state index contributed by atoms with van der Waals surface area (Å²) in [6.45, 7) is 0. The van der Waals surface area contributed by atoms with Crippen LogP contribution in [0.4, 0.5) is 23.2 Å². The summed E-state index contributed by atoms with van der Waals surface area (Å²) in [6, 6.07) is 9.90. The number of benzene rings is 2. The Morgan fingerprint density at radius 3 is 2.32 bits per heavy atom. The van der Waals surface area contributed by atoms with Gasteiger partial charge in [0.05, 0.1) is 18.4 Å². The van der Waals surface area contributed by atoms with Crippen LogP contribution in [0, 0.1) is 5.82 Å². The number of alkyl halides is 3. The average Bonchev–Trinajstić information content (AvgIpc) is 2.63. The van der Waals surface area contributed by atoms with Gasteiger partial charge >= 0.3 is 17.8 Å². The highest BCUT2D eigenvalue weighted by atomic mass is 35.5. The number of carbonyl (C=O) groups excluding carboxylic acids is 2. The molecule has 0 saturated heterocycles. The van der Waals surface area contributed by atoms with Gasteiger partial charge in [0.15, 0.2) is 0 Å². The SMILES string of the molecule is COC(=O)[C@@](NNc1cccc(Cl)c1)(NC(=O)c1ccccc1F)C(F)(F)F. The lowest BCUT2D eigenvalue weighted by Crippen LogP contribution is -2.73. The molecule has 0 aliphatic rings. The number of ether oxygens (including phenoxy) is 1. The van der Waals surface area contributed by atoms with E-state index in [1.54, 1.807) is 5.43 Å². The van der Waals surface area contributed by atoms with Crippen molar-refractivity contribution in [1.82, 2.24) is 10.7 Å². The third-order valence-corrected chi connectivity index (χ3v) is 3.79. The fourth-order valence-electron chi connectivity index (χ4n) is 2.16. The first-order chi connectivity index (χ1) is 13.1. The monoisotopic (exact) mass is 419 g/mol. The van der Waals surface area contributed by atoms with Crippen LogP contribution in [0.3, 0.4) is 0 Å². The lowest BCUT2D eigenvalue weighted by atomic mass is 10.1. The van der Waals surface area contributed by atoms with Crippen molar-refractivity contribution in [3.8, 4) is 0 Å². The van der Waals surface area contributed by atoms with Crippen molar-refractivity contribution in [3.05, 3.63) is 64.9 Å². The molecule has 0 aliphatic carbocycles. The minimum atomic E-state index is -5.37. The molecule has 0 bridgehead atoms. The van der Waals surface area contributed by atoms with Crippen LogP contribution in [0.5, 0.6) is 0 Å². The molecule has 150 valence electrons. The van der Waals surface area contributed by atoms with Crippen LogP contribution in [0.2, 0.25) is 5.02 Å². The molecule has 3 N–H and O–H groups in total. The minimum absolute atomic E-state index is 0.0603. The molecule has 0 fully saturated rings. The van der Waals surface area contributed by atoms with Crippen LogP contribution >= 0.6 is 11.6 Å².